The summed E-state index contributed by atoms with van der Waals surface area (Å²) in [7, 11) is 0. The highest BCUT2D eigenvalue weighted by molar-refractivity contribution is 6.20. The first-order chi connectivity index (χ1) is 6.70. The Hall–Kier alpha value is -0.960. The Morgan fingerprint density at radius 2 is 2.50 bits per heavy atom. The van der Waals surface area contributed by atoms with Crippen molar-refractivity contribution in [3.8, 4) is 0 Å². The molecule has 78 valence electrons. The van der Waals surface area contributed by atoms with E-state index in [-0.39, 0.29) is 11.3 Å². The van der Waals surface area contributed by atoms with E-state index in [1.807, 2.05) is 6.92 Å². The van der Waals surface area contributed by atoms with Crippen LogP contribution in [0.1, 0.15) is 30.3 Å². The minimum Gasteiger partial charge on any atom is -0.459 e. The maximum Gasteiger partial charge on any atom is 0.286 e. The maximum atomic E-state index is 11.3. The zero-order chi connectivity index (χ0) is 10.4. The topological polar surface area (TPSA) is 42.2 Å². The molecule has 0 bridgehead atoms. The van der Waals surface area contributed by atoms with Crippen LogP contribution in [0.4, 0.5) is 0 Å². The number of halogens is 1. The Kier molecular flexibility index (Phi) is 4.53. The molecule has 1 heterocycles. The standard InChI is InChI=1S/C10H14ClNO2/c1-8(11)4-2-6-12-10(13)9-5-3-7-14-9/h3,5,7-8H,2,4,6H2,1H3,(H,12,13). The molecule has 1 N–H and O–H groups in total. The number of nitrogens with one attached hydrogen (secondary N) is 1. The van der Waals surface area contributed by atoms with Gasteiger partial charge in [0.15, 0.2) is 5.76 Å². The van der Waals surface area contributed by atoms with Gasteiger partial charge in [0.05, 0.1) is 6.26 Å². The van der Waals surface area contributed by atoms with Gasteiger partial charge in [-0.05, 0) is 31.9 Å². The van der Waals surface area contributed by atoms with E-state index in [4.69, 9.17) is 16.0 Å². The molecule has 0 saturated heterocycles. The fraction of sp³-hybridized carbons (Fsp3) is 0.500. The molecule has 3 nitrogen and oxygen atoms in total. The van der Waals surface area contributed by atoms with E-state index in [1.165, 1.54) is 6.26 Å². The number of amides is 1. The zero-order valence-corrected chi connectivity index (χ0v) is 8.88. The Labute approximate surface area is 88.4 Å². The summed E-state index contributed by atoms with van der Waals surface area (Å²) < 4.78 is 4.94. The van der Waals surface area contributed by atoms with Crippen LogP contribution in [-0.2, 0) is 0 Å². The fourth-order valence-corrected chi connectivity index (χ4v) is 1.23. The lowest BCUT2D eigenvalue weighted by Crippen LogP contribution is -2.24. The van der Waals surface area contributed by atoms with Gasteiger partial charge in [-0.15, -0.1) is 11.6 Å². The summed E-state index contributed by atoms with van der Waals surface area (Å²) in [6.45, 7) is 2.58. The molecule has 1 rings (SSSR count). The highest BCUT2D eigenvalue weighted by Crippen LogP contribution is 2.03. The summed E-state index contributed by atoms with van der Waals surface area (Å²) in [6.07, 6.45) is 3.27. The molecular formula is C10H14ClNO2. The van der Waals surface area contributed by atoms with Crippen molar-refractivity contribution in [3.05, 3.63) is 24.2 Å². The van der Waals surface area contributed by atoms with Crippen LogP contribution in [0.25, 0.3) is 0 Å². The van der Waals surface area contributed by atoms with Crippen molar-refractivity contribution >= 4 is 17.5 Å². The fourth-order valence-electron chi connectivity index (χ4n) is 1.08. The van der Waals surface area contributed by atoms with Gasteiger partial charge >= 0.3 is 0 Å². The molecule has 0 radical (unpaired) electrons. The molecule has 0 spiro atoms. The average Bonchev–Trinajstić information content (AvgIpc) is 2.64. The lowest BCUT2D eigenvalue weighted by atomic mass is 10.2. The Balaban J connectivity index is 2.16. The van der Waals surface area contributed by atoms with Gasteiger partial charge in [0.1, 0.15) is 0 Å². The Morgan fingerprint density at radius 1 is 1.71 bits per heavy atom. The summed E-state index contributed by atoms with van der Waals surface area (Å²) >= 11 is 5.76. The molecule has 1 atom stereocenters. The van der Waals surface area contributed by atoms with E-state index in [9.17, 15) is 4.79 Å². The van der Waals surface area contributed by atoms with Crippen molar-refractivity contribution < 1.29 is 9.21 Å². The molecule has 14 heavy (non-hydrogen) atoms. The molecule has 0 aliphatic carbocycles. The molecule has 0 fully saturated rings. The number of furan rings is 1. The van der Waals surface area contributed by atoms with Crippen molar-refractivity contribution in [3.63, 3.8) is 0 Å². The van der Waals surface area contributed by atoms with E-state index in [0.717, 1.165) is 12.8 Å². The first kappa shape index (κ1) is 11.1. The van der Waals surface area contributed by atoms with Crippen LogP contribution in [0.15, 0.2) is 22.8 Å². The number of alkyl halides is 1. The van der Waals surface area contributed by atoms with Crippen molar-refractivity contribution in [1.82, 2.24) is 5.32 Å². The molecule has 0 aliphatic rings. The lowest BCUT2D eigenvalue weighted by molar-refractivity contribution is 0.0925. The van der Waals surface area contributed by atoms with Crippen molar-refractivity contribution in [2.75, 3.05) is 6.54 Å². The largest absolute Gasteiger partial charge is 0.459 e. The molecule has 0 aliphatic heterocycles. The predicted molar refractivity (Wildman–Crippen MR) is 55.6 cm³/mol. The molecule has 1 amide bonds. The van der Waals surface area contributed by atoms with Crippen molar-refractivity contribution in [2.24, 2.45) is 0 Å². The second kappa shape index (κ2) is 5.70. The quantitative estimate of drug-likeness (QED) is 0.606. The van der Waals surface area contributed by atoms with Crippen LogP contribution in [0.3, 0.4) is 0 Å². The van der Waals surface area contributed by atoms with Gasteiger partial charge in [0, 0.05) is 11.9 Å². The summed E-state index contributed by atoms with van der Waals surface area (Å²) in [5, 5.41) is 2.91. The van der Waals surface area contributed by atoms with Crippen LogP contribution in [0.2, 0.25) is 0 Å². The highest BCUT2D eigenvalue weighted by Gasteiger charge is 2.06. The second-order valence-corrected chi connectivity index (χ2v) is 3.90. The van der Waals surface area contributed by atoms with Crippen LogP contribution < -0.4 is 5.32 Å². The molecule has 1 unspecified atom stereocenters. The summed E-state index contributed by atoms with van der Waals surface area (Å²) in [4.78, 5) is 11.3. The minimum atomic E-state index is -0.169. The minimum absolute atomic E-state index is 0.163. The van der Waals surface area contributed by atoms with Gasteiger partial charge in [-0.2, -0.15) is 0 Å². The summed E-state index contributed by atoms with van der Waals surface area (Å²) in [5.41, 5.74) is 0. The van der Waals surface area contributed by atoms with E-state index in [1.54, 1.807) is 12.1 Å². The van der Waals surface area contributed by atoms with E-state index in [2.05, 4.69) is 5.32 Å². The third kappa shape index (κ3) is 3.83. The number of hydrogen-bond acceptors (Lipinski definition) is 2. The van der Waals surface area contributed by atoms with Crippen LogP contribution in [0, 0.1) is 0 Å². The third-order valence-corrected chi connectivity index (χ3v) is 2.03. The molecule has 1 aromatic rings. The van der Waals surface area contributed by atoms with Gasteiger partial charge in [0.2, 0.25) is 0 Å². The van der Waals surface area contributed by atoms with Gasteiger partial charge in [-0.3, -0.25) is 4.79 Å². The summed E-state index contributed by atoms with van der Waals surface area (Å²) in [5.74, 6) is 0.182. The van der Waals surface area contributed by atoms with Crippen molar-refractivity contribution in [2.45, 2.75) is 25.1 Å². The van der Waals surface area contributed by atoms with Gasteiger partial charge in [-0.1, -0.05) is 0 Å². The van der Waals surface area contributed by atoms with Crippen LogP contribution in [-0.4, -0.2) is 17.8 Å². The van der Waals surface area contributed by atoms with E-state index < -0.39 is 0 Å². The van der Waals surface area contributed by atoms with E-state index >= 15 is 0 Å². The van der Waals surface area contributed by atoms with E-state index in [0.29, 0.717) is 12.3 Å². The van der Waals surface area contributed by atoms with Crippen molar-refractivity contribution in [1.29, 1.82) is 0 Å². The predicted octanol–water partition coefficient (Wildman–Crippen LogP) is 2.42. The number of carbonyl (C=O) groups is 1. The molecule has 0 aromatic carbocycles. The smallest absolute Gasteiger partial charge is 0.286 e. The van der Waals surface area contributed by atoms with Gasteiger partial charge in [0.25, 0.3) is 5.91 Å². The van der Waals surface area contributed by atoms with Gasteiger partial charge < -0.3 is 9.73 Å². The first-order valence-electron chi connectivity index (χ1n) is 4.66. The van der Waals surface area contributed by atoms with Crippen LogP contribution in [0.5, 0.6) is 0 Å². The first-order valence-corrected chi connectivity index (χ1v) is 5.09. The van der Waals surface area contributed by atoms with Gasteiger partial charge in [-0.25, -0.2) is 0 Å². The SMILES string of the molecule is CC(Cl)CCCNC(=O)c1ccco1. The maximum absolute atomic E-state index is 11.3. The molecular weight excluding hydrogens is 202 g/mol. The monoisotopic (exact) mass is 215 g/mol. The molecule has 1 aromatic heterocycles. The zero-order valence-electron chi connectivity index (χ0n) is 8.13. The Bertz CT molecular complexity index is 270. The normalized spacial score (nSPS) is 12.4. The van der Waals surface area contributed by atoms with Crippen LogP contribution >= 0.6 is 11.6 Å². The average molecular weight is 216 g/mol. The number of carbonyl (C=O) groups excluding carboxylic acids is 1. The number of hydrogen-bond donors (Lipinski definition) is 1. The highest BCUT2D eigenvalue weighted by atomic mass is 35.5. The number of rotatable bonds is 5. The Morgan fingerprint density at radius 3 is 3.07 bits per heavy atom. The second-order valence-electron chi connectivity index (χ2n) is 3.16. The summed E-state index contributed by atoms with van der Waals surface area (Å²) in [6, 6.07) is 3.33. The lowest BCUT2D eigenvalue weighted by Gasteiger charge is -2.03. The molecule has 0 saturated carbocycles. The third-order valence-electron chi connectivity index (χ3n) is 1.81. The molecule has 4 heteroatoms.